The van der Waals surface area contributed by atoms with Crippen LogP contribution in [0.25, 0.3) is 0 Å². The third-order valence-electron chi connectivity index (χ3n) is 5.26. The summed E-state index contributed by atoms with van der Waals surface area (Å²) in [5.74, 6) is 0.456. The van der Waals surface area contributed by atoms with Gasteiger partial charge in [0.25, 0.3) is 0 Å². The molecule has 136 valence electrons. The highest BCUT2D eigenvalue weighted by Gasteiger charge is 2.41. The zero-order valence-corrected chi connectivity index (χ0v) is 16.0. The van der Waals surface area contributed by atoms with Gasteiger partial charge in [-0.05, 0) is 37.5 Å². The average Bonchev–Trinajstić information content (AvgIpc) is 3.31. The summed E-state index contributed by atoms with van der Waals surface area (Å²) in [5.41, 5.74) is 0.840. The monoisotopic (exact) mass is 416 g/mol. The van der Waals surface area contributed by atoms with Gasteiger partial charge >= 0.3 is 0 Å². The number of imidazole rings is 1. The topological polar surface area (TPSA) is 69.3 Å². The van der Waals surface area contributed by atoms with Crippen molar-refractivity contribution in [1.29, 1.82) is 0 Å². The van der Waals surface area contributed by atoms with Gasteiger partial charge < -0.3 is 14.8 Å². The number of nitrogens with one attached hydrogen (secondary N) is 1. The number of hydrogen-bond donors (Lipinski definition) is 1. The van der Waals surface area contributed by atoms with Crippen LogP contribution >= 0.6 is 15.9 Å². The fourth-order valence-corrected chi connectivity index (χ4v) is 4.32. The van der Waals surface area contributed by atoms with Crippen LogP contribution in [0.3, 0.4) is 0 Å². The van der Waals surface area contributed by atoms with Crippen LogP contribution in [0, 0.1) is 5.92 Å². The second-order valence-electron chi connectivity index (χ2n) is 6.91. The third kappa shape index (κ3) is 3.28. The molecule has 6 nitrogen and oxygen atoms in total. The molecule has 4 rings (SSSR count). The fraction of sp³-hybridized carbons (Fsp3) is 0.421. The molecule has 26 heavy (non-hydrogen) atoms. The number of piperidine rings is 1. The van der Waals surface area contributed by atoms with E-state index in [2.05, 4.69) is 25.9 Å². The van der Waals surface area contributed by atoms with Crippen molar-refractivity contribution in [1.82, 2.24) is 14.9 Å². The second-order valence-corrected chi connectivity index (χ2v) is 7.82. The SMILES string of the molecule is O=C(C1CCN(c2cccc(Br)c2)C1=O)N1CCCC(c2ncc[nH]2)C1. The number of likely N-dealkylation sites (tertiary alicyclic amines) is 1. The smallest absolute Gasteiger partial charge is 0.239 e. The molecule has 2 unspecified atom stereocenters. The number of nitrogens with zero attached hydrogens (tertiary/aromatic N) is 3. The van der Waals surface area contributed by atoms with Crippen LogP contribution in [0.5, 0.6) is 0 Å². The number of carbonyl (C=O) groups is 2. The molecule has 0 radical (unpaired) electrons. The van der Waals surface area contributed by atoms with Crippen molar-refractivity contribution in [2.24, 2.45) is 5.92 Å². The van der Waals surface area contributed by atoms with Crippen molar-refractivity contribution in [2.75, 3.05) is 24.5 Å². The van der Waals surface area contributed by atoms with E-state index in [0.29, 0.717) is 19.5 Å². The predicted molar refractivity (Wildman–Crippen MR) is 102 cm³/mol. The summed E-state index contributed by atoms with van der Waals surface area (Å²) in [6.45, 7) is 1.94. The molecule has 7 heteroatoms. The molecule has 1 aromatic heterocycles. The largest absolute Gasteiger partial charge is 0.348 e. The Labute approximate surface area is 160 Å². The molecular weight excluding hydrogens is 396 g/mol. The number of rotatable bonds is 3. The summed E-state index contributed by atoms with van der Waals surface area (Å²) in [6.07, 6.45) is 6.08. The molecule has 2 atom stereocenters. The molecule has 2 aliphatic rings. The van der Waals surface area contributed by atoms with Gasteiger partial charge in [0.1, 0.15) is 11.7 Å². The molecule has 3 heterocycles. The first-order chi connectivity index (χ1) is 12.6. The normalized spacial score (nSPS) is 23.5. The Balaban J connectivity index is 1.46. The minimum Gasteiger partial charge on any atom is -0.348 e. The third-order valence-corrected chi connectivity index (χ3v) is 5.76. The van der Waals surface area contributed by atoms with E-state index in [1.54, 1.807) is 11.1 Å². The van der Waals surface area contributed by atoms with Crippen LogP contribution in [0.1, 0.15) is 31.0 Å². The number of anilines is 1. The van der Waals surface area contributed by atoms with Crippen LogP contribution in [0.15, 0.2) is 41.1 Å². The lowest BCUT2D eigenvalue weighted by molar-refractivity contribution is -0.140. The van der Waals surface area contributed by atoms with E-state index < -0.39 is 5.92 Å². The first-order valence-electron chi connectivity index (χ1n) is 8.98. The van der Waals surface area contributed by atoms with Gasteiger partial charge in [0.15, 0.2) is 0 Å². The molecule has 0 spiro atoms. The van der Waals surface area contributed by atoms with Gasteiger partial charge in [-0.15, -0.1) is 0 Å². The summed E-state index contributed by atoms with van der Waals surface area (Å²) in [6, 6.07) is 7.65. The Morgan fingerprint density at radius 2 is 2.15 bits per heavy atom. The van der Waals surface area contributed by atoms with Crippen LogP contribution in [0.4, 0.5) is 5.69 Å². The first kappa shape index (κ1) is 17.3. The maximum absolute atomic E-state index is 13.0. The zero-order chi connectivity index (χ0) is 18.1. The van der Waals surface area contributed by atoms with Gasteiger partial charge in [0.2, 0.25) is 11.8 Å². The van der Waals surface area contributed by atoms with Crippen molar-refractivity contribution in [2.45, 2.75) is 25.2 Å². The van der Waals surface area contributed by atoms with E-state index in [0.717, 1.165) is 35.4 Å². The Hall–Kier alpha value is -2.15. The maximum atomic E-state index is 13.0. The Morgan fingerprint density at radius 3 is 2.92 bits per heavy atom. The number of benzene rings is 1. The predicted octanol–water partition coefficient (Wildman–Crippen LogP) is 2.93. The number of amides is 2. The van der Waals surface area contributed by atoms with Gasteiger partial charge in [-0.1, -0.05) is 22.0 Å². The van der Waals surface area contributed by atoms with Crippen LogP contribution in [-0.4, -0.2) is 46.3 Å². The van der Waals surface area contributed by atoms with E-state index in [9.17, 15) is 9.59 Å². The maximum Gasteiger partial charge on any atom is 0.239 e. The Kier molecular flexibility index (Phi) is 4.80. The fourth-order valence-electron chi connectivity index (χ4n) is 3.93. The van der Waals surface area contributed by atoms with Crippen molar-refractivity contribution in [3.63, 3.8) is 0 Å². The molecule has 2 saturated heterocycles. The van der Waals surface area contributed by atoms with E-state index in [1.165, 1.54) is 0 Å². The molecule has 2 aromatic rings. The summed E-state index contributed by atoms with van der Waals surface area (Å²) in [7, 11) is 0. The lowest BCUT2D eigenvalue weighted by Gasteiger charge is -2.33. The van der Waals surface area contributed by atoms with E-state index in [1.807, 2.05) is 35.4 Å². The molecule has 1 N–H and O–H groups in total. The number of aromatic nitrogens is 2. The lowest BCUT2D eigenvalue weighted by Crippen LogP contribution is -2.44. The molecule has 2 fully saturated rings. The molecular formula is C19H21BrN4O2. The standard InChI is InChI=1S/C19H21BrN4O2/c20-14-4-1-5-15(11-14)24-10-6-16(19(24)26)18(25)23-9-2-3-13(12-23)17-21-7-8-22-17/h1,4-5,7-8,11,13,16H,2-3,6,9-10,12H2,(H,21,22). The highest BCUT2D eigenvalue weighted by Crippen LogP contribution is 2.31. The van der Waals surface area contributed by atoms with Crippen LogP contribution in [-0.2, 0) is 9.59 Å². The van der Waals surface area contributed by atoms with E-state index in [4.69, 9.17) is 0 Å². The number of aromatic amines is 1. The van der Waals surface area contributed by atoms with Gasteiger partial charge in [-0.25, -0.2) is 4.98 Å². The molecule has 0 aliphatic carbocycles. The van der Waals surface area contributed by atoms with E-state index in [-0.39, 0.29) is 17.7 Å². The summed E-state index contributed by atoms with van der Waals surface area (Å²) < 4.78 is 0.926. The van der Waals surface area contributed by atoms with Gasteiger partial charge in [-0.2, -0.15) is 0 Å². The number of H-pyrrole nitrogens is 1. The van der Waals surface area contributed by atoms with Crippen molar-refractivity contribution >= 4 is 33.4 Å². The zero-order valence-electron chi connectivity index (χ0n) is 14.4. The van der Waals surface area contributed by atoms with Crippen LogP contribution < -0.4 is 4.90 Å². The first-order valence-corrected chi connectivity index (χ1v) is 9.78. The summed E-state index contributed by atoms with van der Waals surface area (Å²) in [4.78, 5) is 36.9. The quantitative estimate of drug-likeness (QED) is 0.781. The molecule has 2 amide bonds. The van der Waals surface area contributed by atoms with Crippen molar-refractivity contribution in [3.8, 4) is 0 Å². The Morgan fingerprint density at radius 1 is 1.27 bits per heavy atom. The number of carbonyl (C=O) groups excluding carboxylic acids is 2. The molecule has 0 bridgehead atoms. The van der Waals surface area contributed by atoms with E-state index >= 15 is 0 Å². The Bertz CT molecular complexity index is 808. The number of halogens is 1. The van der Waals surface area contributed by atoms with Gasteiger partial charge in [-0.3, -0.25) is 9.59 Å². The summed E-state index contributed by atoms with van der Waals surface area (Å²) >= 11 is 3.44. The highest BCUT2D eigenvalue weighted by atomic mass is 79.9. The molecule has 1 aromatic carbocycles. The molecule has 2 aliphatic heterocycles. The van der Waals surface area contributed by atoms with Gasteiger partial charge in [0.05, 0.1) is 0 Å². The second kappa shape index (κ2) is 7.23. The van der Waals surface area contributed by atoms with Gasteiger partial charge in [0, 0.05) is 48.1 Å². The lowest BCUT2D eigenvalue weighted by atomic mass is 9.95. The van der Waals surface area contributed by atoms with Crippen molar-refractivity contribution in [3.05, 3.63) is 47.0 Å². The highest BCUT2D eigenvalue weighted by molar-refractivity contribution is 9.10. The minimum absolute atomic E-state index is 0.0382. The van der Waals surface area contributed by atoms with Crippen molar-refractivity contribution < 1.29 is 9.59 Å². The minimum atomic E-state index is -0.565. The molecule has 0 saturated carbocycles. The average molecular weight is 417 g/mol. The summed E-state index contributed by atoms with van der Waals surface area (Å²) in [5, 5.41) is 0. The number of hydrogen-bond acceptors (Lipinski definition) is 3. The van der Waals surface area contributed by atoms with Crippen LogP contribution in [0.2, 0.25) is 0 Å².